The van der Waals surface area contributed by atoms with Crippen LogP contribution in [0.15, 0.2) is 10.9 Å². The van der Waals surface area contributed by atoms with Crippen molar-refractivity contribution in [1.29, 1.82) is 0 Å². The molecular weight excluding hydrogens is 232 g/mol. The number of hydrogen-bond acceptors (Lipinski definition) is 4. The highest BCUT2D eigenvalue weighted by Crippen LogP contribution is 2.13. The van der Waals surface area contributed by atoms with E-state index in [1.807, 2.05) is 6.92 Å². The van der Waals surface area contributed by atoms with E-state index in [2.05, 4.69) is 15.3 Å². The molecule has 1 aliphatic heterocycles. The van der Waals surface area contributed by atoms with Gasteiger partial charge in [0, 0.05) is 38.5 Å². The van der Waals surface area contributed by atoms with Gasteiger partial charge >= 0.3 is 0 Å². The fraction of sp³-hybridized carbons (Fsp3) is 0.583. The Balaban J connectivity index is 2.07. The number of H-pyrrole nitrogens is 1. The number of carbonyl (C=O) groups is 1. The lowest BCUT2D eigenvalue weighted by Gasteiger charge is -2.30. The first-order valence-corrected chi connectivity index (χ1v) is 6.19. The van der Waals surface area contributed by atoms with Crippen LogP contribution in [-0.4, -0.2) is 40.4 Å². The second-order valence-corrected chi connectivity index (χ2v) is 4.59. The summed E-state index contributed by atoms with van der Waals surface area (Å²) in [7, 11) is 1.79. The minimum Gasteiger partial charge on any atom is -0.365 e. The number of nitrogens with one attached hydrogen (secondary N) is 2. The molecule has 1 unspecified atom stereocenters. The Morgan fingerprint density at radius 2 is 2.33 bits per heavy atom. The van der Waals surface area contributed by atoms with Crippen LogP contribution in [0.1, 0.15) is 25.6 Å². The van der Waals surface area contributed by atoms with Gasteiger partial charge in [0.25, 0.3) is 5.56 Å². The number of aryl methyl sites for hydroxylation is 1. The second-order valence-electron chi connectivity index (χ2n) is 4.59. The average Bonchev–Trinajstić information content (AvgIpc) is 2.33. The molecule has 2 heterocycles. The van der Waals surface area contributed by atoms with Gasteiger partial charge in [-0.25, -0.2) is 4.98 Å². The molecule has 18 heavy (non-hydrogen) atoms. The first kappa shape index (κ1) is 12.6. The van der Waals surface area contributed by atoms with Crippen LogP contribution >= 0.6 is 0 Å². The fourth-order valence-corrected chi connectivity index (χ4v) is 2.09. The van der Waals surface area contributed by atoms with Gasteiger partial charge < -0.3 is 15.2 Å². The molecule has 1 aromatic heterocycles. The third-order valence-electron chi connectivity index (χ3n) is 3.10. The van der Waals surface area contributed by atoms with Crippen molar-refractivity contribution in [2.45, 2.75) is 32.2 Å². The van der Waals surface area contributed by atoms with Crippen LogP contribution < -0.4 is 10.9 Å². The Morgan fingerprint density at radius 1 is 1.56 bits per heavy atom. The van der Waals surface area contributed by atoms with Crippen LogP contribution in [0.2, 0.25) is 0 Å². The van der Waals surface area contributed by atoms with Crippen molar-refractivity contribution < 1.29 is 4.79 Å². The van der Waals surface area contributed by atoms with E-state index < -0.39 is 0 Å². The second kappa shape index (κ2) is 5.20. The number of aromatic nitrogens is 2. The van der Waals surface area contributed by atoms with E-state index in [0.29, 0.717) is 31.0 Å². The highest BCUT2D eigenvalue weighted by atomic mass is 16.2. The van der Waals surface area contributed by atoms with Crippen molar-refractivity contribution >= 4 is 11.7 Å². The molecule has 2 rings (SSSR count). The van der Waals surface area contributed by atoms with Gasteiger partial charge in [0.15, 0.2) is 0 Å². The van der Waals surface area contributed by atoms with Crippen molar-refractivity contribution in [3.63, 3.8) is 0 Å². The molecule has 2 N–H and O–H groups in total. The Bertz CT molecular complexity index is 497. The van der Waals surface area contributed by atoms with Gasteiger partial charge in [-0.3, -0.25) is 9.59 Å². The molecule has 0 bridgehead atoms. The first-order valence-electron chi connectivity index (χ1n) is 6.19. The topological polar surface area (TPSA) is 78.1 Å². The van der Waals surface area contributed by atoms with Crippen LogP contribution in [0.3, 0.4) is 0 Å². The molecule has 0 aromatic carbocycles. The SMILES string of the molecule is CCc1nc(NC2CCC(=O)N(C)C2)cc(=O)[nH]1. The number of nitrogens with zero attached hydrogens (tertiary/aromatic N) is 2. The summed E-state index contributed by atoms with van der Waals surface area (Å²) >= 11 is 0. The summed E-state index contributed by atoms with van der Waals surface area (Å²) < 4.78 is 0. The molecule has 0 aliphatic carbocycles. The van der Waals surface area contributed by atoms with E-state index in [0.717, 1.165) is 6.42 Å². The molecule has 1 aromatic rings. The third kappa shape index (κ3) is 2.88. The molecule has 6 nitrogen and oxygen atoms in total. The molecule has 1 atom stereocenters. The molecule has 1 amide bonds. The zero-order valence-corrected chi connectivity index (χ0v) is 10.7. The van der Waals surface area contributed by atoms with Crippen molar-refractivity contribution in [2.24, 2.45) is 0 Å². The molecule has 1 saturated heterocycles. The number of amides is 1. The molecule has 1 fully saturated rings. The number of anilines is 1. The zero-order chi connectivity index (χ0) is 13.1. The maximum Gasteiger partial charge on any atom is 0.252 e. The number of likely N-dealkylation sites (N-methyl/N-ethyl adjacent to an activating group) is 1. The van der Waals surface area contributed by atoms with E-state index in [1.54, 1.807) is 11.9 Å². The highest BCUT2D eigenvalue weighted by Gasteiger charge is 2.22. The number of likely N-dealkylation sites (tertiary alicyclic amines) is 1. The smallest absolute Gasteiger partial charge is 0.252 e. The average molecular weight is 250 g/mol. The standard InChI is InChI=1S/C12H18N4O2/c1-3-9-14-10(6-11(17)15-9)13-8-4-5-12(18)16(2)7-8/h6,8H,3-5,7H2,1-2H3,(H2,13,14,15,17). The summed E-state index contributed by atoms with van der Waals surface area (Å²) in [6.45, 7) is 2.59. The van der Waals surface area contributed by atoms with E-state index in [1.165, 1.54) is 6.07 Å². The molecule has 98 valence electrons. The number of piperidine rings is 1. The van der Waals surface area contributed by atoms with Crippen molar-refractivity contribution in [2.75, 3.05) is 18.9 Å². The zero-order valence-electron chi connectivity index (χ0n) is 10.7. The molecule has 6 heteroatoms. The Morgan fingerprint density at radius 3 is 3.00 bits per heavy atom. The molecule has 0 radical (unpaired) electrons. The van der Waals surface area contributed by atoms with Gasteiger partial charge in [0.2, 0.25) is 5.91 Å². The number of aromatic amines is 1. The maximum absolute atomic E-state index is 11.4. The van der Waals surface area contributed by atoms with Crippen LogP contribution in [0.25, 0.3) is 0 Å². The minimum absolute atomic E-state index is 0.149. The predicted molar refractivity (Wildman–Crippen MR) is 68.5 cm³/mol. The molecular formula is C12H18N4O2. The van der Waals surface area contributed by atoms with Gasteiger partial charge in [-0.2, -0.15) is 0 Å². The predicted octanol–water partition coefficient (Wildman–Crippen LogP) is 0.365. The van der Waals surface area contributed by atoms with Crippen molar-refractivity contribution in [3.8, 4) is 0 Å². The van der Waals surface area contributed by atoms with E-state index in [9.17, 15) is 9.59 Å². The quantitative estimate of drug-likeness (QED) is 0.812. The van der Waals surface area contributed by atoms with Crippen LogP contribution in [0.4, 0.5) is 5.82 Å². The van der Waals surface area contributed by atoms with Crippen molar-refractivity contribution in [3.05, 3.63) is 22.2 Å². The first-order chi connectivity index (χ1) is 8.58. The van der Waals surface area contributed by atoms with Gasteiger partial charge in [-0.15, -0.1) is 0 Å². The van der Waals surface area contributed by atoms with Crippen LogP contribution in [-0.2, 0) is 11.2 Å². The number of carbonyl (C=O) groups excluding carboxylic acids is 1. The van der Waals surface area contributed by atoms with E-state index in [4.69, 9.17) is 0 Å². The Hall–Kier alpha value is -1.85. The van der Waals surface area contributed by atoms with Gasteiger partial charge in [0.05, 0.1) is 0 Å². The summed E-state index contributed by atoms with van der Waals surface area (Å²) in [6, 6.07) is 1.61. The van der Waals surface area contributed by atoms with Gasteiger partial charge in [-0.05, 0) is 6.42 Å². The lowest BCUT2D eigenvalue weighted by Crippen LogP contribution is -2.43. The lowest BCUT2D eigenvalue weighted by molar-refractivity contribution is -0.132. The fourth-order valence-electron chi connectivity index (χ4n) is 2.09. The third-order valence-corrected chi connectivity index (χ3v) is 3.10. The van der Waals surface area contributed by atoms with E-state index in [-0.39, 0.29) is 17.5 Å². The van der Waals surface area contributed by atoms with Crippen LogP contribution in [0.5, 0.6) is 0 Å². The summed E-state index contributed by atoms with van der Waals surface area (Å²) in [5.41, 5.74) is -0.149. The Kier molecular flexibility index (Phi) is 3.64. The van der Waals surface area contributed by atoms with Crippen LogP contribution in [0, 0.1) is 0 Å². The van der Waals surface area contributed by atoms with E-state index >= 15 is 0 Å². The Labute approximate surface area is 105 Å². The van der Waals surface area contributed by atoms with Crippen molar-refractivity contribution in [1.82, 2.24) is 14.9 Å². The largest absolute Gasteiger partial charge is 0.365 e. The summed E-state index contributed by atoms with van der Waals surface area (Å²) in [5.74, 6) is 1.43. The lowest BCUT2D eigenvalue weighted by atomic mass is 10.1. The number of rotatable bonds is 3. The van der Waals surface area contributed by atoms with Gasteiger partial charge in [-0.1, -0.05) is 6.92 Å². The van der Waals surface area contributed by atoms with Gasteiger partial charge in [0.1, 0.15) is 11.6 Å². The monoisotopic (exact) mass is 250 g/mol. The number of hydrogen-bond donors (Lipinski definition) is 2. The maximum atomic E-state index is 11.4. The molecule has 0 spiro atoms. The summed E-state index contributed by atoms with van der Waals surface area (Å²) in [5, 5.41) is 3.22. The highest BCUT2D eigenvalue weighted by molar-refractivity contribution is 5.76. The summed E-state index contributed by atoms with van der Waals surface area (Å²) in [6.07, 6.45) is 2.00. The minimum atomic E-state index is -0.149. The molecule has 0 saturated carbocycles. The normalized spacial score (nSPS) is 20.0. The molecule has 1 aliphatic rings. The summed E-state index contributed by atoms with van der Waals surface area (Å²) in [4.78, 5) is 31.5.